The molecule has 144 valence electrons. The monoisotopic (exact) mass is 409 g/mol. The minimum Gasteiger partial charge on any atom is -0.490 e. The molecule has 1 amide bonds. The quantitative estimate of drug-likeness (QED) is 0.555. The summed E-state index contributed by atoms with van der Waals surface area (Å²) in [4.78, 5) is 24.3. The Bertz CT molecular complexity index is 884. The Morgan fingerprint density at radius 3 is 2.59 bits per heavy atom. The minimum atomic E-state index is -0.590. The van der Waals surface area contributed by atoms with Gasteiger partial charge in [-0.25, -0.2) is 5.43 Å². The van der Waals surface area contributed by atoms with Crippen molar-refractivity contribution in [1.29, 1.82) is 0 Å². The summed E-state index contributed by atoms with van der Waals surface area (Å²) in [5.74, 6) is 0.162. The molecule has 0 bridgehead atoms. The van der Waals surface area contributed by atoms with Crippen LogP contribution in [0.25, 0.3) is 0 Å². The molecule has 0 unspecified atom stereocenters. The van der Waals surface area contributed by atoms with Gasteiger partial charge in [0.2, 0.25) is 0 Å². The van der Waals surface area contributed by atoms with Crippen LogP contribution in [0.2, 0.25) is 10.0 Å². The lowest BCUT2D eigenvalue weighted by atomic mass is 10.2. The molecule has 1 N–H and O–H groups in total. The van der Waals surface area contributed by atoms with Crippen molar-refractivity contribution in [3.8, 4) is 5.75 Å². The van der Waals surface area contributed by atoms with Crippen molar-refractivity contribution < 1.29 is 9.53 Å². The maximum atomic E-state index is 12.2. The SMILES string of the molecule is CCn1cccc(C(=O)N/N=C\c2cc(Cl)c(OCC(C)C)c(Cl)c2)c1=O. The lowest BCUT2D eigenvalue weighted by Crippen LogP contribution is -2.30. The van der Waals surface area contributed by atoms with Crippen LogP contribution >= 0.6 is 23.2 Å². The number of hydrogen-bond donors (Lipinski definition) is 1. The van der Waals surface area contributed by atoms with E-state index < -0.39 is 5.91 Å². The van der Waals surface area contributed by atoms with E-state index in [1.807, 2.05) is 20.8 Å². The van der Waals surface area contributed by atoms with Gasteiger partial charge in [0.15, 0.2) is 5.75 Å². The van der Waals surface area contributed by atoms with E-state index in [0.717, 1.165) is 0 Å². The van der Waals surface area contributed by atoms with Crippen molar-refractivity contribution in [3.63, 3.8) is 0 Å². The average molecular weight is 410 g/mol. The second kappa shape index (κ2) is 9.58. The van der Waals surface area contributed by atoms with Gasteiger partial charge in [0.1, 0.15) is 5.56 Å². The summed E-state index contributed by atoms with van der Waals surface area (Å²) in [6, 6.07) is 6.35. The van der Waals surface area contributed by atoms with Crippen LogP contribution < -0.4 is 15.7 Å². The fraction of sp³-hybridized carbons (Fsp3) is 0.316. The number of carbonyl (C=O) groups is 1. The van der Waals surface area contributed by atoms with Gasteiger partial charge in [0.05, 0.1) is 22.9 Å². The first kappa shape index (κ1) is 21.0. The highest BCUT2D eigenvalue weighted by Crippen LogP contribution is 2.34. The zero-order valence-electron chi connectivity index (χ0n) is 15.3. The van der Waals surface area contributed by atoms with Crippen molar-refractivity contribution in [2.45, 2.75) is 27.3 Å². The molecule has 0 atom stereocenters. The molecular formula is C19H21Cl2N3O3. The second-order valence-corrected chi connectivity index (χ2v) is 7.05. The van der Waals surface area contributed by atoms with Gasteiger partial charge in [-0.3, -0.25) is 9.59 Å². The fourth-order valence-electron chi connectivity index (χ4n) is 2.23. The smallest absolute Gasteiger partial charge is 0.276 e. The molecule has 0 aliphatic rings. The number of nitrogens with one attached hydrogen (secondary N) is 1. The van der Waals surface area contributed by atoms with E-state index in [0.29, 0.717) is 40.4 Å². The average Bonchev–Trinajstić information content (AvgIpc) is 2.60. The van der Waals surface area contributed by atoms with Crippen molar-refractivity contribution in [3.05, 3.63) is 62.0 Å². The van der Waals surface area contributed by atoms with E-state index in [1.54, 1.807) is 24.4 Å². The zero-order valence-corrected chi connectivity index (χ0v) is 16.8. The van der Waals surface area contributed by atoms with Crippen LogP contribution in [0.4, 0.5) is 0 Å². The molecule has 0 saturated heterocycles. The van der Waals surface area contributed by atoms with Crippen LogP contribution in [0.3, 0.4) is 0 Å². The minimum absolute atomic E-state index is 0.0185. The standard InChI is InChI=1S/C19H21Cl2N3O3/c1-4-24-7-5-6-14(19(24)26)18(25)23-22-10-13-8-15(20)17(16(21)9-13)27-11-12(2)3/h5-10,12H,4,11H2,1-3H3,(H,23,25)/b22-10-. The van der Waals surface area contributed by atoms with Gasteiger partial charge >= 0.3 is 0 Å². The Morgan fingerprint density at radius 1 is 1.33 bits per heavy atom. The number of aryl methyl sites for hydroxylation is 1. The third-order valence-corrected chi connectivity index (χ3v) is 4.13. The van der Waals surface area contributed by atoms with Gasteiger partial charge in [-0.2, -0.15) is 5.10 Å². The highest BCUT2D eigenvalue weighted by molar-refractivity contribution is 6.37. The Hall–Kier alpha value is -2.31. The molecule has 1 aromatic carbocycles. The molecule has 0 spiro atoms. The first-order valence-corrected chi connectivity index (χ1v) is 9.23. The number of aromatic nitrogens is 1. The van der Waals surface area contributed by atoms with Crippen LogP contribution in [-0.4, -0.2) is 23.3 Å². The fourth-order valence-corrected chi connectivity index (χ4v) is 2.84. The van der Waals surface area contributed by atoms with Gasteiger partial charge < -0.3 is 9.30 Å². The molecule has 0 radical (unpaired) electrons. The number of carbonyl (C=O) groups excluding carboxylic acids is 1. The van der Waals surface area contributed by atoms with E-state index in [1.165, 1.54) is 16.8 Å². The van der Waals surface area contributed by atoms with Crippen molar-refractivity contribution in [1.82, 2.24) is 9.99 Å². The van der Waals surface area contributed by atoms with Crippen LogP contribution in [0, 0.1) is 5.92 Å². The maximum Gasteiger partial charge on any atom is 0.276 e. The van der Waals surface area contributed by atoms with Gasteiger partial charge in [0.25, 0.3) is 11.5 Å². The number of nitrogens with zero attached hydrogens (tertiary/aromatic N) is 2. The maximum absolute atomic E-state index is 12.2. The van der Waals surface area contributed by atoms with Crippen molar-refractivity contribution in [2.24, 2.45) is 11.0 Å². The number of pyridine rings is 1. The highest BCUT2D eigenvalue weighted by atomic mass is 35.5. The van der Waals surface area contributed by atoms with Crippen molar-refractivity contribution in [2.75, 3.05) is 6.61 Å². The molecule has 2 rings (SSSR count). The number of rotatable bonds is 7. The number of hydrazone groups is 1. The molecule has 0 aliphatic carbocycles. The number of amides is 1. The van der Waals surface area contributed by atoms with Crippen LogP contribution in [0.15, 0.2) is 40.4 Å². The molecule has 1 heterocycles. The molecule has 8 heteroatoms. The highest BCUT2D eigenvalue weighted by Gasteiger charge is 2.12. The molecule has 6 nitrogen and oxygen atoms in total. The lowest BCUT2D eigenvalue weighted by molar-refractivity contribution is 0.0953. The Kier molecular flexibility index (Phi) is 7.45. The van der Waals surface area contributed by atoms with Gasteiger partial charge in [0, 0.05) is 12.7 Å². The third-order valence-electron chi connectivity index (χ3n) is 3.57. The van der Waals surface area contributed by atoms with E-state index in [-0.39, 0.29) is 11.1 Å². The molecule has 27 heavy (non-hydrogen) atoms. The van der Waals surface area contributed by atoms with Crippen LogP contribution in [0.5, 0.6) is 5.75 Å². The molecule has 0 saturated carbocycles. The topological polar surface area (TPSA) is 72.7 Å². The molecule has 1 aromatic heterocycles. The molecule has 0 fully saturated rings. The number of ether oxygens (including phenoxy) is 1. The number of halogens is 2. The van der Waals surface area contributed by atoms with E-state index in [4.69, 9.17) is 27.9 Å². The van der Waals surface area contributed by atoms with E-state index in [9.17, 15) is 9.59 Å². The Balaban J connectivity index is 2.10. The summed E-state index contributed by atoms with van der Waals surface area (Å²) in [5.41, 5.74) is 2.57. The predicted molar refractivity (Wildman–Crippen MR) is 108 cm³/mol. The molecular weight excluding hydrogens is 389 g/mol. The molecule has 2 aromatic rings. The Labute approximate surface area is 167 Å². The lowest BCUT2D eigenvalue weighted by Gasteiger charge is -2.12. The van der Waals surface area contributed by atoms with E-state index in [2.05, 4.69) is 10.5 Å². The van der Waals surface area contributed by atoms with Gasteiger partial charge in [-0.1, -0.05) is 37.0 Å². The first-order valence-electron chi connectivity index (χ1n) is 8.48. The largest absolute Gasteiger partial charge is 0.490 e. The normalized spacial score (nSPS) is 11.2. The number of benzene rings is 1. The predicted octanol–water partition coefficient (Wildman–Crippen LogP) is 3.97. The first-order chi connectivity index (χ1) is 12.8. The summed E-state index contributed by atoms with van der Waals surface area (Å²) in [5, 5.41) is 4.57. The summed E-state index contributed by atoms with van der Waals surface area (Å²) < 4.78 is 7.04. The summed E-state index contributed by atoms with van der Waals surface area (Å²) >= 11 is 12.4. The second-order valence-electron chi connectivity index (χ2n) is 6.23. The van der Waals surface area contributed by atoms with Crippen molar-refractivity contribution >= 4 is 35.3 Å². The van der Waals surface area contributed by atoms with E-state index >= 15 is 0 Å². The number of hydrogen-bond acceptors (Lipinski definition) is 4. The summed E-state index contributed by atoms with van der Waals surface area (Å²) in [6.07, 6.45) is 3.01. The summed E-state index contributed by atoms with van der Waals surface area (Å²) in [7, 11) is 0. The van der Waals surface area contributed by atoms with Gasteiger partial charge in [-0.15, -0.1) is 0 Å². The van der Waals surface area contributed by atoms with Crippen LogP contribution in [-0.2, 0) is 6.54 Å². The summed E-state index contributed by atoms with van der Waals surface area (Å²) in [6.45, 7) is 6.84. The third kappa shape index (κ3) is 5.58. The molecule has 0 aliphatic heterocycles. The zero-order chi connectivity index (χ0) is 20.0. The van der Waals surface area contributed by atoms with Crippen LogP contribution in [0.1, 0.15) is 36.7 Å². The van der Waals surface area contributed by atoms with Gasteiger partial charge in [-0.05, 0) is 42.7 Å². The Morgan fingerprint density at radius 2 is 2.00 bits per heavy atom.